The molecule has 0 N–H and O–H groups in total. The van der Waals surface area contributed by atoms with Crippen LogP contribution in [-0.4, -0.2) is 6.61 Å². The van der Waals surface area contributed by atoms with E-state index in [0.717, 1.165) is 6.61 Å². The Balaban J connectivity index is 2.18. The van der Waals surface area contributed by atoms with Crippen molar-refractivity contribution in [2.45, 2.75) is 38.7 Å². The van der Waals surface area contributed by atoms with Crippen molar-refractivity contribution in [3.8, 4) is 0 Å². The van der Waals surface area contributed by atoms with Crippen LogP contribution in [0.3, 0.4) is 0 Å². The largest absolute Gasteiger partial charge is 0.370 e. The van der Waals surface area contributed by atoms with Gasteiger partial charge < -0.3 is 4.74 Å². The molecule has 1 heteroatoms. The second-order valence-corrected chi connectivity index (χ2v) is 4.70. The minimum atomic E-state index is 0.131. The molecule has 0 radical (unpaired) electrons. The number of hydrogen-bond donors (Lipinski definition) is 0. The maximum Gasteiger partial charge on any atom is 0.0959 e. The van der Waals surface area contributed by atoms with E-state index in [2.05, 4.69) is 26.0 Å². The van der Waals surface area contributed by atoms with Crippen LogP contribution in [0.1, 0.15) is 35.1 Å². The van der Waals surface area contributed by atoms with Crippen molar-refractivity contribution < 1.29 is 4.74 Å². The van der Waals surface area contributed by atoms with Gasteiger partial charge in [0, 0.05) is 6.42 Å². The van der Waals surface area contributed by atoms with Crippen LogP contribution in [0.4, 0.5) is 0 Å². The molecule has 1 aliphatic carbocycles. The van der Waals surface area contributed by atoms with Gasteiger partial charge >= 0.3 is 0 Å². The van der Waals surface area contributed by atoms with Crippen LogP contribution in [0.2, 0.25) is 0 Å². The van der Waals surface area contributed by atoms with Crippen LogP contribution in [0.25, 0.3) is 0 Å². The van der Waals surface area contributed by atoms with Gasteiger partial charge in [0.1, 0.15) is 0 Å². The molecule has 1 heterocycles. The van der Waals surface area contributed by atoms with Gasteiger partial charge in [0.05, 0.1) is 12.2 Å². The number of hydrogen-bond acceptors (Lipinski definition) is 1. The lowest BCUT2D eigenvalue weighted by Crippen LogP contribution is -2.38. The maximum atomic E-state index is 5.82. The lowest BCUT2D eigenvalue weighted by Gasteiger charge is -2.39. The van der Waals surface area contributed by atoms with E-state index in [1.165, 1.54) is 36.0 Å². The van der Waals surface area contributed by atoms with E-state index in [1.54, 1.807) is 5.56 Å². The fourth-order valence-corrected chi connectivity index (χ4v) is 2.96. The molecule has 0 aromatic heterocycles. The van der Waals surface area contributed by atoms with Gasteiger partial charge in [-0.25, -0.2) is 0 Å². The third kappa shape index (κ3) is 0.936. The van der Waals surface area contributed by atoms with Crippen LogP contribution in [0.5, 0.6) is 0 Å². The minimum Gasteiger partial charge on any atom is -0.370 e. The average molecular weight is 188 g/mol. The highest BCUT2D eigenvalue weighted by atomic mass is 16.5. The van der Waals surface area contributed by atoms with E-state index < -0.39 is 0 Å². The third-order valence-corrected chi connectivity index (χ3v) is 3.77. The van der Waals surface area contributed by atoms with Crippen molar-refractivity contribution in [1.29, 1.82) is 0 Å². The second kappa shape index (κ2) is 2.60. The summed E-state index contributed by atoms with van der Waals surface area (Å²) in [5.41, 5.74) is 5.99. The molecular weight excluding hydrogens is 172 g/mol. The summed E-state index contributed by atoms with van der Waals surface area (Å²) in [5.74, 6) is 0. The smallest absolute Gasteiger partial charge is 0.0959 e. The van der Waals surface area contributed by atoms with Crippen LogP contribution in [0.15, 0.2) is 12.1 Å². The van der Waals surface area contributed by atoms with E-state index in [4.69, 9.17) is 4.74 Å². The molecule has 2 aliphatic rings. The van der Waals surface area contributed by atoms with Gasteiger partial charge in [-0.15, -0.1) is 0 Å². The molecule has 1 saturated heterocycles. The Morgan fingerprint density at radius 1 is 1.21 bits per heavy atom. The molecule has 3 rings (SSSR count). The van der Waals surface area contributed by atoms with Gasteiger partial charge in [-0.3, -0.25) is 0 Å². The van der Waals surface area contributed by atoms with Crippen molar-refractivity contribution in [3.63, 3.8) is 0 Å². The fraction of sp³-hybridized carbons (Fsp3) is 0.538. The highest BCUT2D eigenvalue weighted by molar-refractivity contribution is 5.46. The zero-order chi connectivity index (χ0) is 9.76. The molecule has 1 spiro atoms. The van der Waals surface area contributed by atoms with E-state index >= 15 is 0 Å². The molecule has 74 valence electrons. The third-order valence-electron chi connectivity index (χ3n) is 3.77. The summed E-state index contributed by atoms with van der Waals surface area (Å²) in [4.78, 5) is 0. The molecule has 1 fully saturated rings. The number of ether oxygens (including phenoxy) is 1. The van der Waals surface area contributed by atoms with Crippen LogP contribution >= 0.6 is 0 Å². The molecule has 14 heavy (non-hydrogen) atoms. The lowest BCUT2D eigenvalue weighted by atomic mass is 9.87. The second-order valence-electron chi connectivity index (χ2n) is 4.70. The molecule has 1 aromatic carbocycles. The van der Waals surface area contributed by atoms with Gasteiger partial charge in [-0.1, -0.05) is 17.7 Å². The minimum absolute atomic E-state index is 0.131. The van der Waals surface area contributed by atoms with E-state index in [9.17, 15) is 0 Å². The average Bonchev–Trinajstić information content (AvgIpc) is 2.42. The lowest BCUT2D eigenvalue weighted by molar-refractivity contribution is -0.152. The van der Waals surface area contributed by atoms with Crippen LogP contribution in [0, 0.1) is 13.8 Å². The number of rotatable bonds is 0. The van der Waals surface area contributed by atoms with Gasteiger partial charge in [0.15, 0.2) is 0 Å². The molecular formula is C13H16O. The summed E-state index contributed by atoms with van der Waals surface area (Å²) in [7, 11) is 0. The first-order valence-corrected chi connectivity index (χ1v) is 5.46. The summed E-state index contributed by atoms with van der Waals surface area (Å²) >= 11 is 0. The zero-order valence-electron chi connectivity index (χ0n) is 8.89. The Hall–Kier alpha value is -0.820. The predicted molar refractivity (Wildman–Crippen MR) is 56.5 cm³/mol. The summed E-state index contributed by atoms with van der Waals surface area (Å²) in [6.07, 6.45) is 3.64. The van der Waals surface area contributed by atoms with Crippen molar-refractivity contribution in [2.75, 3.05) is 6.61 Å². The molecule has 1 atom stereocenters. The number of benzene rings is 1. The molecule has 1 unspecified atom stereocenters. The van der Waals surface area contributed by atoms with Crippen molar-refractivity contribution >= 4 is 0 Å². The first-order valence-electron chi connectivity index (χ1n) is 5.46. The van der Waals surface area contributed by atoms with Crippen molar-refractivity contribution in [3.05, 3.63) is 34.4 Å². The quantitative estimate of drug-likeness (QED) is 0.608. The summed E-state index contributed by atoms with van der Waals surface area (Å²) in [6.45, 7) is 5.36. The van der Waals surface area contributed by atoms with E-state index in [-0.39, 0.29) is 5.60 Å². The highest BCUT2D eigenvalue weighted by Gasteiger charge is 2.45. The molecule has 0 saturated carbocycles. The zero-order valence-corrected chi connectivity index (χ0v) is 8.89. The van der Waals surface area contributed by atoms with Gasteiger partial charge in [-0.05, 0) is 43.4 Å². The number of fused-ring (bicyclic) bond motifs is 2. The summed E-state index contributed by atoms with van der Waals surface area (Å²) in [6, 6.07) is 4.62. The molecule has 1 aromatic rings. The first-order chi connectivity index (χ1) is 6.71. The van der Waals surface area contributed by atoms with E-state index in [0.29, 0.717) is 0 Å². The summed E-state index contributed by atoms with van der Waals surface area (Å²) in [5, 5.41) is 0. The molecule has 0 bridgehead atoms. The van der Waals surface area contributed by atoms with Gasteiger partial charge in [0.25, 0.3) is 0 Å². The molecule has 1 aliphatic heterocycles. The van der Waals surface area contributed by atoms with Crippen LogP contribution in [-0.2, 0) is 16.8 Å². The van der Waals surface area contributed by atoms with Crippen molar-refractivity contribution in [1.82, 2.24) is 0 Å². The Kier molecular flexibility index (Phi) is 1.58. The monoisotopic (exact) mass is 188 g/mol. The standard InChI is InChI=1S/C13H16O/c1-9-7-10(2)11-3-4-13(5-6-14-13)12(11)8-9/h7-8H,3-6H2,1-2H3. The molecule has 1 nitrogen and oxygen atoms in total. The fourth-order valence-electron chi connectivity index (χ4n) is 2.96. The van der Waals surface area contributed by atoms with E-state index in [1.807, 2.05) is 0 Å². The maximum absolute atomic E-state index is 5.82. The Bertz CT molecular complexity index is 388. The predicted octanol–water partition coefficient (Wildman–Crippen LogP) is 2.87. The van der Waals surface area contributed by atoms with Gasteiger partial charge in [0.2, 0.25) is 0 Å². The SMILES string of the molecule is Cc1cc(C)c2c(c1)C1(CCO1)CC2. The summed E-state index contributed by atoms with van der Waals surface area (Å²) < 4.78 is 5.82. The Morgan fingerprint density at radius 3 is 2.64 bits per heavy atom. The highest BCUT2D eigenvalue weighted by Crippen LogP contribution is 2.48. The Labute approximate surface area is 85.1 Å². The Morgan fingerprint density at radius 2 is 2.00 bits per heavy atom. The molecule has 0 amide bonds. The topological polar surface area (TPSA) is 9.23 Å². The number of aryl methyl sites for hydroxylation is 2. The normalized spacial score (nSPS) is 29.0. The first kappa shape index (κ1) is 8.49. The van der Waals surface area contributed by atoms with Crippen molar-refractivity contribution in [2.24, 2.45) is 0 Å². The van der Waals surface area contributed by atoms with Gasteiger partial charge in [-0.2, -0.15) is 0 Å². The van der Waals surface area contributed by atoms with Crippen LogP contribution < -0.4 is 0 Å².